The lowest BCUT2D eigenvalue weighted by Gasteiger charge is -2.29. The molecule has 14 heteroatoms. The van der Waals surface area contributed by atoms with Gasteiger partial charge in [0.2, 0.25) is 11.9 Å². The smallest absolute Gasteiger partial charge is 0.280 e. The van der Waals surface area contributed by atoms with Crippen LogP contribution in [0.2, 0.25) is 0 Å². The number of nitrogens with zero attached hydrogens (tertiary/aromatic N) is 4. The molecule has 6 rings (SSSR count). The van der Waals surface area contributed by atoms with Crippen LogP contribution < -0.4 is 10.9 Å². The Hall–Kier alpha value is -2.77. The van der Waals surface area contributed by atoms with Gasteiger partial charge in [0.25, 0.3) is 14.1 Å². The van der Waals surface area contributed by atoms with Gasteiger partial charge in [0.1, 0.15) is 18.3 Å². The van der Waals surface area contributed by atoms with Gasteiger partial charge >= 0.3 is 0 Å². The zero-order chi connectivity index (χ0) is 30.1. The molecule has 232 valence electrons. The van der Waals surface area contributed by atoms with Crippen molar-refractivity contribution in [3.05, 3.63) is 52.6 Å². The van der Waals surface area contributed by atoms with Gasteiger partial charge in [0.15, 0.2) is 17.4 Å². The number of anilines is 1. The predicted octanol–water partition coefficient (Wildman–Crippen LogP) is 3.90. The molecule has 1 aromatic carbocycles. The SMILES string of the molecule is CC[C@H]1O[C@@H](n2cnc3c(=O)[nH]c(NC(=O)C(C)C)nc32)[C@@H](OCCOC)C1O[P@@]1O[C@H](c2ccccc2)[C@@H]2CCCN21. The number of methoxy groups -OCH3 is 1. The summed E-state index contributed by atoms with van der Waals surface area (Å²) in [5.41, 5.74) is 1.09. The molecule has 3 aromatic rings. The fourth-order valence-corrected chi connectivity index (χ4v) is 7.89. The van der Waals surface area contributed by atoms with Gasteiger partial charge in [-0.25, -0.2) is 9.65 Å². The van der Waals surface area contributed by atoms with Crippen LogP contribution >= 0.6 is 8.53 Å². The average molecular weight is 615 g/mol. The Kier molecular flexibility index (Phi) is 9.20. The summed E-state index contributed by atoms with van der Waals surface area (Å²) in [6.07, 6.45) is 2.20. The zero-order valence-corrected chi connectivity index (χ0v) is 25.7. The second kappa shape index (κ2) is 13.1. The standard InChI is InChI=1S/C29H39N6O7P/c1-5-20-23(42-43-35-13-9-12-19(35)22(41-43)18-10-7-6-8-11-18)24(39-15-14-38-4)28(40-20)34-16-30-21-25(34)31-29(33-27(21)37)32-26(36)17(2)3/h6-8,10-11,16-17,19-20,22-24,28H,5,9,12-15H2,1-4H3,(H2,31,32,33,36,37)/t19-,20+,22+,23?,24-,28+,43+/m0/s1. The number of carbonyl (C=O) groups excluding carboxylic acids is 1. The largest absolute Gasteiger partial charge is 0.382 e. The Balaban J connectivity index is 1.31. The highest BCUT2D eigenvalue weighted by molar-refractivity contribution is 7.45. The van der Waals surface area contributed by atoms with E-state index in [1.807, 2.05) is 25.1 Å². The van der Waals surface area contributed by atoms with Crippen molar-refractivity contribution in [3.8, 4) is 0 Å². The van der Waals surface area contributed by atoms with Crippen LogP contribution in [0.5, 0.6) is 0 Å². The summed E-state index contributed by atoms with van der Waals surface area (Å²) in [5.74, 6) is -0.511. The van der Waals surface area contributed by atoms with E-state index in [0.29, 0.717) is 19.6 Å². The zero-order valence-electron chi connectivity index (χ0n) is 24.8. The summed E-state index contributed by atoms with van der Waals surface area (Å²) in [6, 6.07) is 10.6. The van der Waals surface area contributed by atoms with Crippen LogP contribution in [-0.2, 0) is 28.1 Å². The van der Waals surface area contributed by atoms with Crippen LogP contribution in [0.15, 0.2) is 41.5 Å². The van der Waals surface area contributed by atoms with E-state index in [-0.39, 0.29) is 47.2 Å². The van der Waals surface area contributed by atoms with Crippen molar-refractivity contribution in [1.82, 2.24) is 24.2 Å². The topological polar surface area (TPSA) is 142 Å². The van der Waals surface area contributed by atoms with Crippen molar-refractivity contribution < 1.29 is 28.1 Å². The van der Waals surface area contributed by atoms with E-state index in [4.69, 9.17) is 23.3 Å². The minimum atomic E-state index is -1.38. The van der Waals surface area contributed by atoms with E-state index in [1.54, 1.807) is 25.5 Å². The lowest BCUT2D eigenvalue weighted by Crippen LogP contribution is -2.37. The summed E-state index contributed by atoms with van der Waals surface area (Å²) in [4.78, 5) is 36.7. The molecule has 2 N–H and O–H groups in total. The first kappa shape index (κ1) is 30.3. The number of hydrogen-bond acceptors (Lipinski definition) is 10. The molecule has 3 saturated heterocycles. The van der Waals surface area contributed by atoms with Crippen molar-refractivity contribution in [1.29, 1.82) is 0 Å². The molecule has 2 aromatic heterocycles. The number of nitrogens with one attached hydrogen (secondary N) is 2. The number of imidazole rings is 1. The highest BCUT2D eigenvalue weighted by atomic mass is 31.2. The molecule has 3 fully saturated rings. The van der Waals surface area contributed by atoms with Gasteiger partial charge in [-0.2, -0.15) is 4.98 Å². The first-order valence-electron chi connectivity index (χ1n) is 14.9. The number of hydrogen-bond donors (Lipinski definition) is 2. The summed E-state index contributed by atoms with van der Waals surface area (Å²) in [6.45, 7) is 7.17. The van der Waals surface area contributed by atoms with Crippen LogP contribution in [0.3, 0.4) is 0 Å². The van der Waals surface area contributed by atoms with Gasteiger partial charge in [-0.1, -0.05) is 51.1 Å². The third kappa shape index (κ3) is 6.00. The molecular formula is C29H39N6O7P. The quantitative estimate of drug-likeness (QED) is 0.241. The van der Waals surface area contributed by atoms with Gasteiger partial charge in [-0.15, -0.1) is 0 Å². The molecule has 1 amide bonds. The molecule has 0 bridgehead atoms. The number of amides is 1. The molecule has 0 spiro atoms. The highest BCUT2D eigenvalue weighted by Gasteiger charge is 2.53. The fourth-order valence-electron chi connectivity index (χ4n) is 5.90. The summed E-state index contributed by atoms with van der Waals surface area (Å²) in [7, 11) is 0.244. The average Bonchev–Trinajstić information content (AvgIpc) is 3.78. The van der Waals surface area contributed by atoms with Crippen LogP contribution in [0.4, 0.5) is 5.95 Å². The Morgan fingerprint density at radius 3 is 2.79 bits per heavy atom. The highest BCUT2D eigenvalue weighted by Crippen LogP contribution is 2.62. The van der Waals surface area contributed by atoms with Gasteiger partial charge in [-0.3, -0.25) is 24.5 Å². The molecule has 7 atom stereocenters. The van der Waals surface area contributed by atoms with Gasteiger partial charge < -0.3 is 23.3 Å². The maximum Gasteiger partial charge on any atom is 0.280 e. The first-order valence-corrected chi connectivity index (χ1v) is 16.0. The number of ether oxygens (including phenoxy) is 3. The molecule has 3 aliphatic heterocycles. The predicted molar refractivity (Wildman–Crippen MR) is 159 cm³/mol. The van der Waals surface area contributed by atoms with Crippen molar-refractivity contribution in [3.63, 3.8) is 0 Å². The molecule has 0 saturated carbocycles. The number of rotatable bonds is 11. The van der Waals surface area contributed by atoms with E-state index < -0.39 is 32.5 Å². The second-order valence-corrected chi connectivity index (χ2v) is 12.7. The number of aromatic amines is 1. The van der Waals surface area contributed by atoms with E-state index in [9.17, 15) is 9.59 Å². The van der Waals surface area contributed by atoms with Gasteiger partial charge in [0, 0.05) is 25.6 Å². The summed E-state index contributed by atoms with van der Waals surface area (Å²) >= 11 is 0. The molecule has 43 heavy (non-hydrogen) atoms. The maximum atomic E-state index is 12.9. The Morgan fingerprint density at radius 1 is 1.23 bits per heavy atom. The Bertz CT molecular complexity index is 1470. The summed E-state index contributed by atoms with van der Waals surface area (Å²) < 4.78 is 35.8. The lowest BCUT2D eigenvalue weighted by molar-refractivity contribution is -0.118. The molecule has 0 radical (unpaired) electrons. The van der Waals surface area contributed by atoms with E-state index >= 15 is 0 Å². The van der Waals surface area contributed by atoms with Crippen molar-refractivity contribution in [2.24, 2.45) is 5.92 Å². The van der Waals surface area contributed by atoms with Crippen LogP contribution in [0.1, 0.15) is 57.9 Å². The lowest BCUT2D eigenvalue weighted by atomic mass is 10.0. The summed E-state index contributed by atoms with van der Waals surface area (Å²) in [5, 5.41) is 2.67. The van der Waals surface area contributed by atoms with Crippen molar-refractivity contribution >= 4 is 31.5 Å². The number of fused-ring (bicyclic) bond motifs is 2. The van der Waals surface area contributed by atoms with Gasteiger partial charge in [-0.05, 0) is 24.8 Å². The van der Waals surface area contributed by atoms with Crippen molar-refractivity contribution in [2.45, 2.75) is 76.7 Å². The van der Waals surface area contributed by atoms with E-state index in [2.05, 4.69) is 37.1 Å². The van der Waals surface area contributed by atoms with E-state index in [1.165, 1.54) is 6.33 Å². The monoisotopic (exact) mass is 614 g/mol. The molecular weight excluding hydrogens is 575 g/mol. The fraction of sp³-hybridized carbons (Fsp3) is 0.586. The number of aromatic nitrogens is 4. The van der Waals surface area contributed by atoms with Crippen LogP contribution in [0.25, 0.3) is 11.2 Å². The number of benzene rings is 1. The molecule has 0 aliphatic carbocycles. The molecule has 13 nitrogen and oxygen atoms in total. The van der Waals surface area contributed by atoms with Crippen LogP contribution in [0, 0.1) is 5.92 Å². The Morgan fingerprint density at radius 2 is 2.05 bits per heavy atom. The number of carbonyl (C=O) groups is 1. The van der Waals surface area contributed by atoms with E-state index in [0.717, 1.165) is 24.9 Å². The molecule has 3 aliphatic rings. The minimum Gasteiger partial charge on any atom is -0.382 e. The third-order valence-corrected chi connectivity index (χ3v) is 9.88. The molecule has 1 unspecified atom stereocenters. The van der Waals surface area contributed by atoms with Gasteiger partial charge in [0.05, 0.1) is 25.6 Å². The second-order valence-electron chi connectivity index (χ2n) is 11.3. The Labute approximate surface area is 251 Å². The first-order chi connectivity index (χ1) is 20.9. The van der Waals surface area contributed by atoms with Crippen LogP contribution in [-0.4, -0.2) is 81.3 Å². The van der Waals surface area contributed by atoms with Crippen molar-refractivity contribution in [2.75, 3.05) is 32.2 Å². The molecule has 5 heterocycles. The number of H-pyrrole nitrogens is 1. The third-order valence-electron chi connectivity index (χ3n) is 8.13. The maximum absolute atomic E-state index is 12.9. The minimum absolute atomic E-state index is 0.0440. The normalized spacial score (nSPS) is 29.1.